The second kappa shape index (κ2) is 5.66. The van der Waals surface area contributed by atoms with Crippen LogP contribution in [0.5, 0.6) is 0 Å². The van der Waals surface area contributed by atoms with Gasteiger partial charge in [-0.2, -0.15) is 0 Å². The van der Waals surface area contributed by atoms with E-state index in [0.29, 0.717) is 5.70 Å². The van der Waals surface area contributed by atoms with Gasteiger partial charge in [0.05, 0.1) is 6.04 Å². The van der Waals surface area contributed by atoms with Crippen molar-refractivity contribution in [2.75, 3.05) is 14.1 Å². The number of urea groups is 1. The summed E-state index contributed by atoms with van der Waals surface area (Å²) in [6.45, 7) is 3.82. The number of amides is 3. The lowest BCUT2D eigenvalue weighted by atomic mass is 9.88. The predicted octanol–water partition coefficient (Wildman–Crippen LogP) is 2.02. The van der Waals surface area contributed by atoms with Gasteiger partial charge >= 0.3 is 6.03 Å². The van der Waals surface area contributed by atoms with Gasteiger partial charge in [0.2, 0.25) is 5.91 Å². The fourth-order valence-electron chi connectivity index (χ4n) is 2.23. The van der Waals surface area contributed by atoms with Crippen molar-refractivity contribution in [3.8, 4) is 0 Å². The highest BCUT2D eigenvalue weighted by atomic mass is 79.9. The van der Waals surface area contributed by atoms with E-state index in [4.69, 9.17) is 0 Å². The van der Waals surface area contributed by atoms with Crippen molar-refractivity contribution < 1.29 is 9.59 Å². The lowest BCUT2D eigenvalue weighted by Gasteiger charge is -2.35. The molecule has 2 rings (SSSR count). The first-order valence-corrected chi connectivity index (χ1v) is 6.92. The number of carbonyl (C=O) groups is 2. The molecule has 3 amide bonds. The fraction of sp³-hybridized carbons (Fsp3) is 0.286. The summed E-state index contributed by atoms with van der Waals surface area (Å²) in [5.41, 5.74) is 1.27. The molecular formula is C14H16BrN3O2. The third-order valence-corrected chi connectivity index (χ3v) is 3.68. The van der Waals surface area contributed by atoms with Crippen LogP contribution in [0.25, 0.3) is 0 Å². The van der Waals surface area contributed by atoms with Crippen LogP contribution in [0.2, 0.25) is 0 Å². The molecule has 20 heavy (non-hydrogen) atoms. The van der Waals surface area contributed by atoms with Crippen LogP contribution >= 0.6 is 15.9 Å². The zero-order chi connectivity index (χ0) is 14.9. The summed E-state index contributed by atoms with van der Waals surface area (Å²) in [5.74, 6) is -0.635. The van der Waals surface area contributed by atoms with Gasteiger partial charge in [0.1, 0.15) is 5.92 Å². The third-order valence-electron chi connectivity index (χ3n) is 3.18. The van der Waals surface area contributed by atoms with E-state index in [1.54, 1.807) is 14.1 Å². The summed E-state index contributed by atoms with van der Waals surface area (Å²) in [7, 11) is 3.37. The van der Waals surface area contributed by atoms with Crippen LogP contribution in [0.15, 0.2) is 41.0 Å². The molecule has 1 fully saturated rings. The van der Waals surface area contributed by atoms with Gasteiger partial charge in [-0.15, -0.1) is 0 Å². The van der Waals surface area contributed by atoms with Crippen molar-refractivity contribution in [1.29, 1.82) is 0 Å². The molecule has 1 saturated heterocycles. The summed E-state index contributed by atoms with van der Waals surface area (Å²) in [6, 6.07) is 6.76. The van der Waals surface area contributed by atoms with E-state index in [-0.39, 0.29) is 11.9 Å². The fourth-order valence-corrected chi connectivity index (χ4v) is 2.65. The molecule has 0 radical (unpaired) electrons. The quantitative estimate of drug-likeness (QED) is 0.867. The molecule has 1 heterocycles. The largest absolute Gasteiger partial charge is 0.348 e. The van der Waals surface area contributed by atoms with Gasteiger partial charge in [-0.05, 0) is 17.7 Å². The van der Waals surface area contributed by atoms with Crippen molar-refractivity contribution in [2.24, 2.45) is 5.92 Å². The van der Waals surface area contributed by atoms with Gasteiger partial charge in [0.15, 0.2) is 0 Å². The minimum atomic E-state index is -0.531. The number of rotatable bonds is 2. The van der Waals surface area contributed by atoms with Crippen molar-refractivity contribution in [2.45, 2.75) is 6.04 Å². The van der Waals surface area contributed by atoms with E-state index in [9.17, 15) is 9.59 Å². The maximum atomic E-state index is 12.3. The number of halogens is 1. The van der Waals surface area contributed by atoms with Gasteiger partial charge in [0, 0.05) is 24.3 Å². The van der Waals surface area contributed by atoms with Crippen LogP contribution in [-0.4, -0.2) is 30.9 Å². The second-order valence-electron chi connectivity index (χ2n) is 4.87. The zero-order valence-corrected chi connectivity index (χ0v) is 12.9. The number of nitrogens with one attached hydrogen (secondary N) is 2. The monoisotopic (exact) mass is 337 g/mol. The Labute approximate surface area is 126 Å². The molecule has 106 valence electrons. The highest BCUT2D eigenvalue weighted by molar-refractivity contribution is 9.10. The molecular weight excluding hydrogens is 322 g/mol. The highest BCUT2D eigenvalue weighted by Gasteiger charge is 2.38. The minimum absolute atomic E-state index is 0.104. The minimum Gasteiger partial charge on any atom is -0.348 e. The number of nitrogens with zero attached hydrogens (tertiary/aromatic N) is 1. The van der Waals surface area contributed by atoms with Crippen LogP contribution in [0.4, 0.5) is 4.79 Å². The predicted molar refractivity (Wildman–Crippen MR) is 79.9 cm³/mol. The van der Waals surface area contributed by atoms with Gasteiger partial charge in [-0.1, -0.05) is 34.6 Å². The molecule has 2 N–H and O–H groups in total. The van der Waals surface area contributed by atoms with Gasteiger partial charge in [0.25, 0.3) is 0 Å². The van der Waals surface area contributed by atoms with E-state index in [1.165, 1.54) is 4.90 Å². The molecule has 5 nitrogen and oxygen atoms in total. The normalized spacial score (nSPS) is 21.9. The van der Waals surface area contributed by atoms with Gasteiger partial charge < -0.3 is 15.5 Å². The van der Waals surface area contributed by atoms with E-state index >= 15 is 0 Å². The van der Waals surface area contributed by atoms with Gasteiger partial charge in [-0.25, -0.2) is 4.79 Å². The van der Waals surface area contributed by atoms with Crippen LogP contribution in [-0.2, 0) is 4.79 Å². The van der Waals surface area contributed by atoms with Crippen molar-refractivity contribution in [3.05, 3.63) is 46.6 Å². The zero-order valence-electron chi connectivity index (χ0n) is 11.3. The Balaban J connectivity index is 2.42. The summed E-state index contributed by atoms with van der Waals surface area (Å²) >= 11 is 3.40. The topological polar surface area (TPSA) is 61.4 Å². The number of hydrogen-bond donors (Lipinski definition) is 2. The first-order valence-electron chi connectivity index (χ1n) is 6.13. The molecule has 0 bridgehead atoms. The molecule has 0 unspecified atom stereocenters. The van der Waals surface area contributed by atoms with Gasteiger partial charge in [-0.3, -0.25) is 4.79 Å². The number of carbonyl (C=O) groups excluding carboxylic acids is 2. The van der Waals surface area contributed by atoms with Crippen LogP contribution in [0.3, 0.4) is 0 Å². The molecule has 1 aromatic rings. The van der Waals surface area contributed by atoms with Crippen LogP contribution in [0, 0.1) is 5.92 Å². The summed E-state index contributed by atoms with van der Waals surface area (Å²) in [4.78, 5) is 25.5. The Morgan fingerprint density at radius 2 is 2.10 bits per heavy atom. The average Bonchev–Trinajstić information content (AvgIpc) is 2.37. The summed E-state index contributed by atoms with van der Waals surface area (Å²) < 4.78 is 0.893. The molecule has 0 saturated carbocycles. The molecule has 0 aromatic heterocycles. The smallest absolute Gasteiger partial charge is 0.319 e. The first-order chi connectivity index (χ1) is 9.40. The van der Waals surface area contributed by atoms with Crippen molar-refractivity contribution >= 4 is 27.9 Å². The molecule has 2 atom stereocenters. The molecule has 1 aromatic carbocycles. The Morgan fingerprint density at radius 1 is 1.40 bits per heavy atom. The first kappa shape index (κ1) is 14.6. The summed E-state index contributed by atoms with van der Waals surface area (Å²) in [5, 5.41) is 5.37. The Kier molecular flexibility index (Phi) is 4.13. The second-order valence-corrected chi connectivity index (χ2v) is 5.78. The maximum absolute atomic E-state index is 12.3. The van der Waals surface area contributed by atoms with E-state index in [1.807, 2.05) is 24.3 Å². The molecule has 0 spiro atoms. The Hall–Kier alpha value is -1.82. The molecule has 1 aliphatic heterocycles. The standard InChI is InChI=1S/C14H16BrN3O2/c1-8-11(13(19)18(2)3)12(17-14(20)16-8)9-5-4-6-10(15)7-9/h4-7,11-12H,1H2,2-3H3,(H2,16,17,20)/t11-,12+/m1/s1. The SMILES string of the molecule is C=C1NC(=O)N[C@@H](c2cccc(Br)c2)[C@@H]1C(=O)N(C)C. The summed E-state index contributed by atoms with van der Waals surface area (Å²) in [6.07, 6.45) is 0. The van der Waals surface area contributed by atoms with Crippen molar-refractivity contribution in [1.82, 2.24) is 15.5 Å². The van der Waals surface area contributed by atoms with Crippen LogP contribution in [0.1, 0.15) is 11.6 Å². The average molecular weight is 338 g/mol. The Bertz CT molecular complexity index is 571. The lowest BCUT2D eigenvalue weighted by Crippen LogP contribution is -2.52. The maximum Gasteiger partial charge on any atom is 0.319 e. The number of benzene rings is 1. The van der Waals surface area contributed by atoms with E-state index in [0.717, 1.165) is 10.0 Å². The lowest BCUT2D eigenvalue weighted by molar-refractivity contribution is -0.132. The Morgan fingerprint density at radius 3 is 2.70 bits per heavy atom. The van der Waals surface area contributed by atoms with E-state index < -0.39 is 12.0 Å². The number of hydrogen-bond acceptors (Lipinski definition) is 2. The molecule has 0 aliphatic carbocycles. The molecule has 6 heteroatoms. The highest BCUT2D eigenvalue weighted by Crippen LogP contribution is 2.31. The van der Waals surface area contributed by atoms with Crippen molar-refractivity contribution in [3.63, 3.8) is 0 Å². The molecule has 1 aliphatic rings. The third kappa shape index (κ3) is 2.85. The van der Waals surface area contributed by atoms with E-state index in [2.05, 4.69) is 33.1 Å². The van der Waals surface area contributed by atoms with Crippen LogP contribution < -0.4 is 10.6 Å².